The monoisotopic (exact) mass is 444 g/mol. The van der Waals surface area contributed by atoms with Crippen LogP contribution in [0.5, 0.6) is 11.5 Å². The van der Waals surface area contributed by atoms with Crippen molar-refractivity contribution in [1.82, 2.24) is 19.1 Å². The Morgan fingerprint density at radius 3 is 2.42 bits per heavy atom. The second kappa shape index (κ2) is 8.56. The van der Waals surface area contributed by atoms with Gasteiger partial charge in [0.05, 0.1) is 20.8 Å². The molecule has 9 nitrogen and oxygen atoms in total. The maximum absolute atomic E-state index is 12.9. The Balaban J connectivity index is 1.54. The highest BCUT2D eigenvalue weighted by atomic mass is 32.2. The van der Waals surface area contributed by atoms with Gasteiger partial charge in [0.15, 0.2) is 5.82 Å². The number of aromatic nitrogens is 3. The van der Waals surface area contributed by atoms with Crippen molar-refractivity contribution >= 4 is 10.0 Å². The van der Waals surface area contributed by atoms with Crippen LogP contribution in [0.3, 0.4) is 0 Å². The molecule has 1 saturated carbocycles. The Kier molecular flexibility index (Phi) is 5.84. The summed E-state index contributed by atoms with van der Waals surface area (Å²) >= 11 is 0. The van der Waals surface area contributed by atoms with Crippen molar-refractivity contribution in [3.05, 3.63) is 59.0 Å². The van der Waals surface area contributed by atoms with E-state index in [4.69, 9.17) is 9.47 Å². The van der Waals surface area contributed by atoms with Crippen LogP contribution in [-0.2, 0) is 16.6 Å². The smallest absolute Gasteiger partial charge is 0.346 e. The van der Waals surface area contributed by atoms with Crippen molar-refractivity contribution < 1.29 is 17.9 Å². The van der Waals surface area contributed by atoms with Gasteiger partial charge >= 0.3 is 5.69 Å². The summed E-state index contributed by atoms with van der Waals surface area (Å²) in [4.78, 5) is 13.0. The van der Waals surface area contributed by atoms with Gasteiger partial charge in [-0.25, -0.2) is 22.6 Å². The van der Waals surface area contributed by atoms with Crippen molar-refractivity contribution in [2.24, 2.45) is 0 Å². The first-order chi connectivity index (χ1) is 14.9. The Bertz CT molecular complexity index is 1230. The average Bonchev–Trinajstić information content (AvgIpc) is 3.57. The SMILES string of the molecule is COc1ccc(-c2nn(CCNS(=O)(=O)c3ccccc3OC)c(=O)n2C2CC2)cc1. The summed E-state index contributed by atoms with van der Waals surface area (Å²) in [7, 11) is -0.783. The number of sulfonamides is 1. The molecule has 10 heteroatoms. The van der Waals surface area contributed by atoms with Crippen LogP contribution < -0.4 is 19.9 Å². The van der Waals surface area contributed by atoms with E-state index in [9.17, 15) is 13.2 Å². The first kappa shape index (κ1) is 21.1. The molecular formula is C21H24N4O5S. The van der Waals surface area contributed by atoms with E-state index < -0.39 is 10.0 Å². The molecule has 2 aromatic carbocycles. The van der Waals surface area contributed by atoms with Gasteiger partial charge in [0.25, 0.3) is 0 Å². The minimum atomic E-state index is -3.79. The maximum Gasteiger partial charge on any atom is 0.346 e. The molecule has 0 atom stereocenters. The van der Waals surface area contributed by atoms with Crippen molar-refractivity contribution in [2.75, 3.05) is 20.8 Å². The molecule has 0 spiro atoms. The summed E-state index contributed by atoms with van der Waals surface area (Å²) in [6, 6.07) is 13.8. The Morgan fingerprint density at radius 1 is 1.06 bits per heavy atom. The largest absolute Gasteiger partial charge is 0.497 e. The zero-order valence-corrected chi connectivity index (χ0v) is 18.1. The zero-order valence-electron chi connectivity index (χ0n) is 17.3. The predicted octanol–water partition coefficient (Wildman–Crippen LogP) is 2.04. The first-order valence-electron chi connectivity index (χ1n) is 9.91. The molecule has 1 fully saturated rings. The Labute approximate surface area is 180 Å². The van der Waals surface area contributed by atoms with E-state index in [2.05, 4.69) is 9.82 Å². The van der Waals surface area contributed by atoms with Gasteiger partial charge in [0.1, 0.15) is 16.4 Å². The summed E-state index contributed by atoms with van der Waals surface area (Å²) in [5.74, 6) is 1.55. The molecule has 0 bridgehead atoms. The molecule has 0 aliphatic heterocycles. The number of nitrogens with zero attached hydrogens (tertiary/aromatic N) is 3. The lowest BCUT2D eigenvalue weighted by atomic mass is 10.2. The van der Waals surface area contributed by atoms with Crippen molar-refractivity contribution in [1.29, 1.82) is 0 Å². The van der Waals surface area contributed by atoms with E-state index in [1.54, 1.807) is 29.9 Å². The van der Waals surface area contributed by atoms with Crippen molar-refractivity contribution in [3.63, 3.8) is 0 Å². The van der Waals surface area contributed by atoms with E-state index in [0.717, 1.165) is 18.4 Å². The third kappa shape index (κ3) is 4.35. The van der Waals surface area contributed by atoms with Crippen LogP contribution in [-0.4, -0.2) is 43.5 Å². The van der Waals surface area contributed by atoms with Crippen LogP contribution in [0.25, 0.3) is 11.4 Å². The minimum absolute atomic E-state index is 0.0179. The summed E-state index contributed by atoms with van der Waals surface area (Å²) in [5.41, 5.74) is 0.558. The number of benzene rings is 2. The molecule has 1 heterocycles. The van der Waals surface area contributed by atoms with Gasteiger partial charge in [-0.3, -0.25) is 4.57 Å². The number of hydrogen-bond donors (Lipinski definition) is 1. The minimum Gasteiger partial charge on any atom is -0.497 e. The molecule has 1 N–H and O–H groups in total. The molecular weight excluding hydrogens is 420 g/mol. The molecule has 1 aliphatic carbocycles. The number of methoxy groups -OCH3 is 2. The van der Waals surface area contributed by atoms with Crippen molar-refractivity contribution in [2.45, 2.75) is 30.3 Å². The fourth-order valence-electron chi connectivity index (χ4n) is 3.37. The lowest BCUT2D eigenvalue weighted by molar-refractivity contribution is 0.402. The topological polar surface area (TPSA) is 104 Å². The van der Waals surface area contributed by atoms with Gasteiger partial charge in [0.2, 0.25) is 10.0 Å². The maximum atomic E-state index is 12.9. The summed E-state index contributed by atoms with van der Waals surface area (Å²) in [5, 5.41) is 4.49. The number of nitrogens with one attached hydrogen (secondary N) is 1. The molecule has 0 amide bonds. The fraction of sp³-hybridized carbons (Fsp3) is 0.333. The number of rotatable bonds is 9. The quantitative estimate of drug-likeness (QED) is 0.542. The number of para-hydroxylation sites is 1. The van der Waals surface area contributed by atoms with E-state index in [0.29, 0.717) is 11.6 Å². The van der Waals surface area contributed by atoms with Crippen LogP contribution in [0.2, 0.25) is 0 Å². The van der Waals surface area contributed by atoms with Gasteiger partial charge < -0.3 is 9.47 Å². The standard InChI is InChI=1S/C21H24N4O5S/c1-29-17-11-7-15(8-12-17)20-23-24(21(26)25(20)16-9-10-16)14-13-22-31(27,28)19-6-4-3-5-18(19)30-2/h3-8,11-12,16,22H,9-10,13-14H2,1-2H3. The summed E-state index contributed by atoms with van der Waals surface area (Å²) in [6.45, 7) is 0.125. The molecule has 0 radical (unpaired) electrons. The highest BCUT2D eigenvalue weighted by molar-refractivity contribution is 7.89. The predicted molar refractivity (Wildman–Crippen MR) is 115 cm³/mol. The van der Waals surface area contributed by atoms with E-state index in [1.165, 1.54) is 17.9 Å². The van der Waals surface area contributed by atoms with Crippen LogP contribution in [0.4, 0.5) is 0 Å². The molecule has 4 rings (SSSR count). The van der Waals surface area contributed by atoms with Crippen LogP contribution in [0.15, 0.2) is 58.2 Å². The molecule has 3 aromatic rings. The van der Waals surface area contributed by atoms with Gasteiger partial charge in [-0.1, -0.05) is 12.1 Å². The molecule has 1 aliphatic rings. The van der Waals surface area contributed by atoms with Gasteiger partial charge in [0, 0.05) is 18.2 Å². The number of ether oxygens (including phenoxy) is 2. The number of hydrogen-bond acceptors (Lipinski definition) is 6. The third-order valence-corrected chi connectivity index (χ3v) is 6.61. The van der Waals surface area contributed by atoms with Crippen molar-refractivity contribution in [3.8, 4) is 22.9 Å². The third-order valence-electron chi connectivity index (χ3n) is 5.11. The Morgan fingerprint density at radius 2 is 1.77 bits per heavy atom. The lowest BCUT2D eigenvalue weighted by Gasteiger charge is -2.10. The molecule has 0 saturated heterocycles. The normalized spacial score (nSPS) is 13.9. The highest BCUT2D eigenvalue weighted by Gasteiger charge is 2.30. The molecule has 0 unspecified atom stereocenters. The summed E-state index contributed by atoms with van der Waals surface area (Å²) < 4.78 is 41.1. The van der Waals surface area contributed by atoms with E-state index in [-0.39, 0.29) is 35.5 Å². The van der Waals surface area contributed by atoms with Crippen LogP contribution >= 0.6 is 0 Å². The lowest BCUT2D eigenvalue weighted by Crippen LogP contribution is -2.32. The van der Waals surface area contributed by atoms with Crippen LogP contribution in [0, 0.1) is 0 Å². The van der Waals surface area contributed by atoms with E-state index >= 15 is 0 Å². The van der Waals surface area contributed by atoms with Gasteiger partial charge in [-0.05, 0) is 49.2 Å². The summed E-state index contributed by atoms with van der Waals surface area (Å²) in [6.07, 6.45) is 1.85. The Hall–Kier alpha value is -3.11. The fourth-order valence-corrected chi connectivity index (χ4v) is 4.56. The highest BCUT2D eigenvalue weighted by Crippen LogP contribution is 2.36. The molecule has 31 heavy (non-hydrogen) atoms. The first-order valence-corrected chi connectivity index (χ1v) is 11.4. The molecule has 1 aromatic heterocycles. The van der Waals surface area contributed by atoms with Gasteiger partial charge in [-0.2, -0.15) is 0 Å². The van der Waals surface area contributed by atoms with Gasteiger partial charge in [-0.15, -0.1) is 5.10 Å². The molecule has 164 valence electrons. The van der Waals surface area contributed by atoms with E-state index in [1.807, 2.05) is 24.3 Å². The zero-order chi connectivity index (χ0) is 22.0. The second-order valence-electron chi connectivity index (χ2n) is 7.21. The average molecular weight is 445 g/mol. The van der Waals surface area contributed by atoms with Crippen LogP contribution in [0.1, 0.15) is 18.9 Å². The second-order valence-corrected chi connectivity index (χ2v) is 8.94.